The van der Waals surface area contributed by atoms with Crippen LogP contribution in [0.1, 0.15) is 180 Å². The number of likely N-dealkylation sites (tertiary alicyclic amines) is 1. The van der Waals surface area contributed by atoms with E-state index in [1.165, 1.54) is 186 Å². The summed E-state index contributed by atoms with van der Waals surface area (Å²) in [6.45, 7) is 5.27. The van der Waals surface area contributed by atoms with Gasteiger partial charge in [-0.15, -0.1) is 0 Å². The minimum atomic E-state index is 0.0823. The molecule has 3 nitrogen and oxygen atoms in total. The molecule has 1 saturated heterocycles. The van der Waals surface area contributed by atoms with Crippen LogP contribution >= 0.6 is 0 Å². The monoisotopic (exact) mass is 566 g/mol. The van der Waals surface area contributed by atoms with Gasteiger partial charge in [-0.1, -0.05) is 116 Å². The zero-order chi connectivity index (χ0) is 28.4. The second-order valence-electron chi connectivity index (χ2n) is 16.0. The molecule has 0 aromatic carbocycles. The summed E-state index contributed by atoms with van der Waals surface area (Å²) in [6, 6.07) is 4.30. The van der Waals surface area contributed by atoms with E-state index in [4.69, 9.17) is 0 Å². The van der Waals surface area contributed by atoms with Gasteiger partial charge in [-0.2, -0.15) is 5.26 Å². The van der Waals surface area contributed by atoms with Gasteiger partial charge in [0.25, 0.3) is 0 Å². The van der Waals surface area contributed by atoms with Gasteiger partial charge < -0.3 is 5.32 Å². The van der Waals surface area contributed by atoms with Crippen LogP contribution in [0.2, 0.25) is 0 Å². The number of hydrogen-bond acceptors (Lipinski definition) is 3. The van der Waals surface area contributed by atoms with Crippen molar-refractivity contribution >= 4 is 0 Å². The lowest BCUT2D eigenvalue weighted by molar-refractivity contribution is 0.0284. The molecule has 0 aromatic rings. The summed E-state index contributed by atoms with van der Waals surface area (Å²) in [5, 5.41) is 14.4. The number of nitrogens with zero attached hydrogens (tertiary/aromatic N) is 2. The van der Waals surface area contributed by atoms with Crippen LogP contribution < -0.4 is 5.32 Å². The molecule has 5 fully saturated rings. The second kappa shape index (κ2) is 15.9. The van der Waals surface area contributed by atoms with E-state index in [-0.39, 0.29) is 5.41 Å². The number of hydrogen-bond donors (Lipinski definition) is 1. The summed E-state index contributed by atoms with van der Waals surface area (Å²) >= 11 is 0. The highest BCUT2D eigenvalue weighted by molar-refractivity contribution is 5.15. The van der Waals surface area contributed by atoms with E-state index >= 15 is 0 Å². The third kappa shape index (κ3) is 8.97. The first-order valence-corrected chi connectivity index (χ1v) is 19.1. The molecule has 0 spiro atoms. The number of piperidine rings is 1. The second-order valence-corrected chi connectivity index (χ2v) is 16.0. The van der Waals surface area contributed by atoms with Crippen LogP contribution in [0.15, 0.2) is 0 Å². The van der Waals surface area contributed by atoms with E-state index in [1.54, 1.807) is 0 Å². The summed E-state index contributed by atoms with van der Waals surface area (Å²) in [6.07, 6.45) is 37.8. The van der Waals surface area contributed by atoms with E-state index in [2.05, 4.69) is 23.2 Å². The Morgan fingerprint density at radius 2 is 1.15 bits per heavy atom. The normalized spacial score (nSPS) is 37.7. The topological polar surface area (TPSA) is 39.1 Å². The first-order chi connectivity index (χ1) is 20.1. The molecule has 1 aliphatic heterocycles. The molecule has 234 valence electrons. The molecule has 3 heteroatoms. The van der Waals surface area contributed by atoms with Crippen molar-refractivity contribution in [2.45, 2.75) is 198 Å². The van der Waals surface area contributed by atoms with Gasteiger partial charge in [-0.25, -0.2) is 0 Å². The summed E-state index contributed by atoms with van der Waals surface area (Å²) in [5.74, 6) is 2.38. The first-order valence-electron chi connectivity index (χ1n) is 19.1. The maximum Gasteiger partial charge on any atom is 0.0692 e. The van der Waals surface area contributed by atoms with Crippen molar-refractivity contribution < 1.29 is 0 Å². The number of nitriles is 1. The van der Waals surface area contributed by atoms with Gasteiger partial charge in [0.15, 0.2) is 0 Å². The van der Waals surface area contributed by atoms with Crippen molar-refractivity contribution in [2.75, 3.05) is 13.1 Å². The molecular formula is C38H67N3. The third-order valence-corrected chi connectivity index (χ3v) is 12.8. The average Bonchev–Trinajstić information content (AvgIpc) is 3.44. The summed E-state index contributed by atoms with van der Waals surface area (Å²) in [5.41, 5.74) is 0.490. The Morgan fingerprint density at radius 3 is 1.80 bits per heavy atom. The average molecular weight is 566 g/mol. The van der Waals surface area contributed by atoms with E-state index in [1.807, 2.05) is 0 Å². The first kappa shape index (κ1) is 31.8. The smallest absolute Gasteiger partial charge is 0.0692 e. The Morgan fingerprint density at radius 1 is 0.610 bits per heavy atom. The number of fused-ring (bicyclic) bond motifs is 1. The lowest BCUT2D eigenvalue weighted by Gasteiger charge is -2.50. The minimum Gasteiger partial charge on any atom is -0.308 e. The Balaban J connectivity index is 1.21. The molecule has 0 bridgehead atoms. The quantitative estimate of drug-likeness (QED) is 0.368. The zero-order valence-electron chi connectivity index (χ0n) is 27.3. The largest absolute Gasteiger partial charge is 0.308 e. The molecule has 41 heavy (non-hydrogen) atoms. The molecule has 1 N–H and O–H groups in total. The Bertz CT molecular complexity index is 784. The highest BCUT2D eigenvalue weighted by Gasteiger charge is 2.53. The van der Waals surface area contributed by atoms with Crippen LogP contribution in [0.25, 0.3) is 0 Å². The van der Waals surface area contributed by atoms with Crippen molar-refractivity contribution in [3.63, 3.8) is 0 Å². The predicted molar refractivity (Wildman–Crippen MR) is 174 cm³/mol. The molecule has 0 amide bonds. The Hall–Kier alpha value is -0.590. The fourth-order valence-electron chi connectivity index (χ4n) is 10.2. The van der Waals surface area contributed by atoms with Crippen molar-refractivity contribution in [2.24, 2.45) is 23.2 Å². The van der Waals surface area contributed by atoms with E-state index in [0.717, 1.165) is 29.8 Å². The van der Waals surface area contributed by atoms with Crippen molar-refractivity contribution in [1.29, 1.82) is 5.26 Å². The highest BCUT2D eigenvalue weighted by atomic mass is 15.2. The molecular weight excluding hydrogens is 498 g/mol. The number of nitrogens with one attached hydrogen (secondary N) is 1. The zero-order valence-corrected chi connectivity index (χ0v) is 27.3. The lowest BCUT2D eigenvalue weighted by Crippen LogP contribution is -2.59. The van der Waals surface area contributed by atoms with Crippen LogP contribution in [0.5, 0.6) is 0 Å². The summed E-state index contributed by atoms with van der Waals surface area (Å²) in [7, 11) is 0. The molecule has 5 unspecified atom stereocenters. The minimum absolute atomic E-state index is 0.0823. The van der Waals surface area contributed by atoms with Gasteiger partial charge >= 0.3 is 0 Å². The third-order valence-electron chi connectivity index (χ3n) is 12.8. The van der Waals surface area contributed by atoms with Gasteiger partial charge in [-0.3, -0.25) is 4.90 Å². The van der Waals surface area contributed by atoms with Crippen LogP contribution in [0.4, 0.5) is 0 Å². The fourth-order valence-corrected chi connectivity index (χ4v) is 10.2. The number of rotatable bonds is 4. The summed E-state index contributed by atoms with van der Waals surface area (Å²) < 4.78 is 0. The van der Waals surface area contributed by atoms with Gasteiger partial charge in [0.1, 0.15) is 0 Å². The van der Waals surface area contributed by atoms with Crippen molar-refractivity contribution in [1.82, 2.24) is 10.2 Å². The highest BCUT2D eigenvalue weighted by Crippen LogP contribution is 2.58. The molecule has 4 aliphatic carbocycles. The molecule has 5 aliphatic rings. The molecule has 1 heterocycles. The predicted octanol–water partition coefficient (Wildman–Crippen LogP) is 10.3. The molecule has 0 radical (unpaired) electrons. The van der Waals surface area contributed by atoms with Crippen LogP contribution in [-0.2, 0) is 0 Å². The van der Waals surface area contributed by atoms with E-state index < -0.39 is 0 Å². The SMILES string of the molecule is CC1CC(C2(NC3CCCCCCCCCCC3)CCCC2)CN(C2CCCCCCC3(C#N)CC3CCCC2)C1. The lowest BCUT2D eigenvalue weighted by atomic mass is 9.73. The van der Waals surface area contributed by atoms with E-state index in [0.29, 0.717) is 5.54 Å². The molecule has 5 rings (SSSR count). The van der Waals surface area contributed by atoms with Crippen LogP contribution in [0, 0.1) is 34.5 Å². The Labute approximate surface area is 255 Å². The van der Waals surface area contributed by atoms with Crippen LogP contribution in [0.3, 0.4) is 0 Å². The van der Waals surface area contributed by atoms with Crippen LogP contribution in [-0.4, -0.2) is 35.6 Å². The van der Waals surface area contributed by atoms with Crippen molar-refractivity contribution in [3.05, 3.63) is 0 Å². The molecule has 5 atom stereocenters. The molecule has 4 saturated carbocycles. The maximum atomic E-state index is 9.84. The van der Waals surface area contributed by atoms with Gasteiger partial charge in [-0.05, 0) is 82.0 Å². The van der Waals surface area contributed by atoms with E-state index in [9.17, 15) is 5.26 Å². The van der Waals surface area contributed by atoms with Gasteiger partial charge in [0.2, 0.25) is 0 Å². The Kier molecular flexibility index (Phi) is 12.4. The van der Waals surface area contributed by atoms with Crippen molar-refractivity contribution in [3.8, 4) is 6.07 Å². The molecule has 0 aromatic heterocycles. The standard InChI is InChI=1S/C38H67N3/c1-32-27-34(38(25-17-18-26-38)40-35-20-11-7-5-3-2-4-6-8-12-21-35)30-41(29-32)36-22-13-9-10-16-24-37(31-39)28-33(37)19-14-15-23-36/h32-36,40H,2-30H2,1H3. The fraction of sp³-hybridized carbons (Fsp3) is 0.974. The maximum absolute atomic E-state index is 9.84. The van der Waals surface area contributed by atoms with Gasteiger partial charge in [0, 0.05) is 30.7 Å². The van der Waals surface area contributed by atoms with Gasteiger partial charge in [0.05, 0.1) is 11.5 Å². The summed E-state index contributed by atoms with van der Waals surface area (Å²) in [4.78, 5) is 3.03.